The molecule has 0 spiro atoms. The second-order valence-corrected chi connectivity index (χ2v) is 4.48. The maximum absolute atomic E-state index is 13.7. The van der Waals surface area contributed by atoms with E-state index in [9.17, 15) is 4.39 Å². The van der Waals surface area contributed by atoms with E-state index in [0.717, 1.165) is 24.9 Å². The smallest absolute Gasteiger partial charge is 0.165 e. The summed E-state index contributed by atoms with van der Waals surface area (Å²) in [5.41, 5.74) is 6.70. The molecule has 1 aromatic rings. The summed E-state index contributed by atoms with van der Waals surface area (Å²) < 4.78 is 18.6. The Balaban J connectivity index is 2.84. The minimum Gasteiger partial charge on any atom is -0.494 e. The highest BCUT2D eigenvalue weighted by molar-refractivity contribution is 5.31. The Kier molecular flexibility index (Phi) is 6.09. The molecule has 1 aromatic carbocycles. The molecule has 1 unspecified atom stereocenters. The zero-order chi connectivity index (χ0) is 13.5. The van der Waals surface area contributed by atoms with Gasteiger partial charge in [-0.2, -0.15) is 0 Å². The summed E-state index contributed by atoms with van der Waals surface area (Å²) in [6, 6.07) is 5.10. The van der Waals surface area contributed by atoms with Gasteiger partial charge >= 0.3 is 0 Å². The summed E-state index contributed by atoms with van der Waals surface area (Å²) in [5.74, 6) is -0.0666. The lowest BCUT2D eigenvalue weighted by Gasteiger charge is -2.27. The van der Waals surface area contributed by atoms with Crippen LogP contribution in [0, 0.1) is 5.82 Å². The maximum Gasteiger partial charge on any atom is 0.165 e. The molecule has 0 amide bonds. The number of hydrogen-bond donors (Lipinski definition) is 1. The third-order valence-corrected chi connectivity index (χ3v) is 3.18. The lowest BCUT2D eigenvalue weighted by Crippen LogP contribution is -2.31. The van der Waals surface area contributed by atoms with E-state index in [1.165, 1.54) is 13.2 Å². The Morgan fingerprint density at radius 2 is 2.17 bits per heavy atom. The largest absolute Gasteiger partial charge is 0.494 e. The topological polar surface area (TPSA) is 38.5 Å². The second kappa shape index (κ2) is 7.34. The van der Waals surface area contributed by atoms with Crippen molar-refractivity contribution >= 4 is 0 Å². The number of halogens is 1. The van der Waals surface area contributed by atoms with E-state index in [2.05, 4.69) is 11.8 Å². The van der Waals surface area contributed by atoms with Crippen LogP contribution in [-0.4, -0.2) is 32.1 Å². The fraction of sp³-hybridized carbons (Fsp3) is 0.571. The van der Waals surface area contributed by atoms with Crippen molar-refractivity contribution in [1.82, 2.24) is 4.90 Å². The summed E-state index contributed by atoms with van der Waals surface area (Å²) in [7, 11) is 3.49. The van der Waals surface area contributed by atoms with E-state index >= 15 is 0 Å². The van der Waals surface area contributed by atoms with Crippen LogP contribution in [0.3, 0.4) is 0 Å². The van der Waals surface area contributed by atoms with Gasteiger partial charge in [-0.15, -0.1) is 0 Å². The molecule has 0 radical (unpaired) electrons. The number of nitrogens with two attached hydrogens (primary N) is 1. The normalized spacial score (nSPS) is 12.8. The minimum absolute atomic E-state index is 0.0527. The Morgan fingerprint density at radius 3 is 2.67 bits per heavy atom. The summed E-state index contributed by atoms with van der Waals surface area (Å²) in [4.78, 5) is 2.17. The molecule has 0 saturated carbocycles. The standard InChI is InChI=1S/C14H23FN2O/c1-4-5-8-17(2)13(10-16)11-6-7-14(18-3)12(15)9-11/h6-7,9,13H,4-5,8,10,16H2,1-3H3. The highest BCUT2D eigenvalue weighted by Crippen LogP contribution is 2.24. The number of likely N-dealkylation sites (N-methyl/N-ethyl adjacent to an activating group) is 1. The molecule has 4 heteroatoms. The first-order chi connectivity index (χ1) is 8.63. The first kappa shape index (κ1) is 14.9. The van der Waals surface area contributed by atoms with Gasteiger partial charge in [-0.1, -0.05) is 19.4 Å². The number of ether oxygens (including phenoxy) is 1. The average molecular weight is 254 g/mol. The Labute approximate surface area is 109 Å². The van der Waals surface area contributed by atoms with Gasteiger partial charge in [0.25, 0.3) is 0 Å². The summed E-state index contributed by atoms with van der Waals surface area (Å²) in [5, 5.41) is 0. The first-order valence-electron chi connectivity index (χ1n) is 6.37. The lowest BCUT2D eigenvalue weighted by atomic mass is 10.0. The average Bonchev–Trinajstić information content (AvgIpc) is 2.37. The van der Waals surface area contributed by atoms with Crippen molar-refractivity contribution in [1.29, 1.82) is 0 Å². The number of methoxy groups -OCH3 is 1. The van der Waals surface area contributed by atoms with E-state index in [4.69, 9.17) is 10.5 Å². The van der Waals surface area contributed by atoms with Gasteiger partial charge in [-0.05, 0) is 37.7 Å². The van der Waals surface area contributed by atoms with Crippen molar-refractivity contribution in [2.24, 2.45) is 5.73 Å². The third-order valence-electron chi connectivity index (χ3n) is 3.18. The van der Waals surface area contributed by atoms with Crippen LogP contribution in [0.1, 0.15) is 31.4 Å². The highest BCUT2D eigenvalue weighted by Gasteiger charge is 2.16. The summed E-state index contributed by atoms with van der Waals surface area (Å²) in [6.07, 6.45) is 2.25. The van der Waals surface area contributed by atoms with E-state index in [-0.39, 0.29) is 17.6 Å². The predicted octanol–water partition coefficient (Wildman–Crippen LogP) is 2.57. The fourth-order valence-electron chi connectivity index (χ4n) is 2.02. The van der Waals surface area contributed by atoms with Crippen molar-refractivity contribution in [3.8, 4) is 5.75 Å². The van der Waals surface area contributed by atoms with Crippen LogP contribution >= 0.6 is 0 Å². The molecule has 0 aromatic heterocycles. The van der Waals surface area contributed by atoms with E-state index in [0.29, 0.717) is 6.54 Å². The second-order valence-electron chi connectivity index (χ2n) is 4.48. The molecular formula is C14H23FN2O. The van der Waals surface area contributed by atoms with Crippen molar-refractivity contribution in [3.63, 3.8) is 0 Å². The zero-order valence-corrected chi connectivity index (χ0v) is 11.4. The molecule has 0 bridgehead atoms. The van der Waals surface area contributed by atoms with Gasteiger partial charge in [0.2, 0.25) is 0 Å². The monoisotopic (exact) mass is 254 g/mol. The van der Waals surface area contributed by atoms with Crippen molar-refractivity contribution in [2.75, 3.05) is 27.2 Å². The van der Waals surface area contributed by atoms with E-state index < -0.39 is 0 Å². The van der Waals surface area contributed by atoms with Crippen LogP contribution < -0.4 is 10.5 Å². The van der Waals surface area contributed by atoms with Crippen molar-refractivity contribution in [2.45, 2.75) is 25.8 Å². The van der Waals surface area contributed by atoms with Gasteiger partial charge in [-0.25, -0.2) is 4.39 Å². The van der Waals surface area contributed by atoms with Gasteiger partial charge in [0.05, 0.1) is 7.11 Å². The van der Waals surface area contributed by atoms with Gasteiger partial charge in [0, 0.05) is 12.6 Å². The lowest BCUT2D eigenvalue weighted by molar-refractivity contribution is 0.245. The Bertz CT molecular complexity index is 371. The molecule has 1 atom stereocenters. The van der Waals surface area contributed by atoms with Crippen LogP contribution in [-0.2, 0) is 0 Å². The Hall–Kier alpha value is -1.13. The summed E-state index contributed by atoms with van der Waals surface area (Å²) >= 11 is 0. The fourth-order valence-corrected chi connectivity index (χ4v) is 2.02. The van der Waals surface area contributed by atoms with Crippen LogP contribution in [0.4, 0.5) is 4.39 Å². The highest BCUT2D eigenvalue weighted by atomic mass is 19.1. The van der Waals surface area contributed by atoms with Crippen LogP contribution in [0.2, 0.25) is 0 Å². The number of rotatable bonds is 7. The van der Waals surface area contributed by atoms with E-state index in [1.807, 2.05) is 13.1 Å². The Morgan fingerprint density at radius 1 is 1.44 bits per heavy atom. The van der Waals surface area contributed by atoms with Gasteiger partial charge in [0.1, 0.15) is 0 Å². The molecule has 2 N–H and O–H groups in total. The molecule has 0 aliphatic heterocycles. The third kappa shape index (κ3) is 3.68. The molecule has 18 heavy (non-hydrogen) atoms. The van der Waals surface area contributed by atoms with E-state index in [1.54, 1.807) is 6.07 Å². The van der Waals surface area contributed by atoms with Crippen molar-refractivity contribution < 1.29 is 9.13 Å². The molecule has 0 heterocycles. The predicted molar refractivity (Wildman–Crippen MR) is 72.3 cm³/mol. The number of hydrogen-bond acceptors (Lipinski definition) is 3. The SMILES string of the molecule is CCCCN(C)C(CN)c1ccc(OC)c(F)c1. The molecule has 1 rings (SSSR count). The number of nitrogens with zero attached hydrogens (tertiary/aromatic N) is 1. The van der Waals surface area contributed by atoms with Gasteiger partial charge < -0.3 is 10.5 Å². The minimum atomic E-state index is -0.336. The van der Waals surface area contributed by atoms with Crippen LogP contribution in [0.25, 0.3) is 0 Å². The summed E-state index contributed by atoms with van der Waals surface area (Å²) in [6.45, 7) is 3.59. The maximum atomic E-state index is 13.7. The molecule has 0 aliphatic rings. The van der Waals surface area contributed by atoms with Crippen LogP contribution in [0.5, 0.6) is 5.75 Å². The molecule has 0 saturated heterocycles. The molecular weight excluding hydrogens is 231 g/mol. The van der Waals surface area contributed by atoms with Crippen LogP contribution in [0.15, 0.2) is 18.2 Å². The first-order valence-corrected chi connectivity index (χ1v) is 6.37. The molecule has 102 valence electrons. The quantitative estimate of drug-likeness (QED) is 0.812. The van der Waals surface area contributed by atoms with Crippen molar-refractivity contribution in [3.05, 3.63) is 29.6 Å². The van der Waals surface area contributed by atoms with Gasteiger partial charge in [-0.3, -0.25) is 4.90 Å². The molecule has 0 aliphatic carbocycles. The molecule has 0 fully saturated rings. The zero-order valence-electron chi connectivity index (χ0n) is 11.4. The number of unbranched alkanes of at least 4 members (excludes halogenated alkanes) is 1. The number of benzene rings is 1. The van der Waals surface area contributed by atoms with Gasteiger partial charge in [0.15, 0.2) is 11.6 Å². The molecule has 3 nitrogen and oxygen atoms in total.